The van der Waals surface area contributed by atoms with E-state index in [4.69, 9.17) is 10.5 Å². The van der Waals surface area contributed by atoms with E-state index in [1.807, 2.05) is 0 Å². The van der Waals surface area contributed by atoms with Crippen molar-refractivity contribution in [2.24, 2.45) is 11.7 Å². The highest BCUT2D eigenvalue weighted by atomic mass is 19.1. The summed E-state index contributed by atoms with van der Waals surface area (Å²) >= 11 is 0. The lowest BCUT2D eigenvalue weighted by Crippen LogP contribution is -2.51. The number of aliphatic hydroxyl groups is 1. The second kappa shape index (κ2) is 7.26. The molecule has 1 aliphatic rings. The van der Waals surface area contributed by atoms with E-state index in [9.17, 15) is 9.50 Å². The molecule has 2 heterocycles. The minimum Gasteiger partial charge on any atom is -0.394 e. The number of nitrogens with two attached hydrogens (primary N) is 1. The van der Waals surface area contributed by atoms with Crippen molar-refractivity contribution in [1.29, 1.82) is 0 Å². The van der Waals surface area contributed by atoms with Crippen LogP contribution in [0.2, 0.25) is 0 Å². The van der Waals surface area contributed by atoms with Crippen LogP contribution >= 0.6 is 0 Å². The summed E-state index contributed by atoms with van der Waals surface area (Å²) in [6, 6.07) is 3.07. The summed E-state index contributed by atoms with van der Waals surface area (Å²) < 4.78 is 18.4. The quantitative estimate of drug-likeness (QED) is 0.846. The Morgan fingerprint density at radius 2 is 2.33 bits per heavy atom. The molecule has 1 aliphatic heterocycles. The molecule has 0 spiro atoms. The van der Waals surface area contributed by atoms with E-state index in [0.29, 0.717) is 24.9 Å². The van der Waals surface area contributed by atoms with Crippen LogP contribution in [0.3, 0.4) is 0 Å². The molecule has 6 heteroatoms. The number of morpholine rings is 1. The van der Waals surface area contributed by atoms with Gasteiger partial charge in [0.25, 0.3) is 0 Å². The number of aliphatic hydroxyl groups excluding tert-OH is 1. The molecule has 1 saturated heterocycles. The highest BCUT2D eigenvalue weighted by molar-refractivity contribution is 5.10. The van der Waals surface area contributed by atoms with Crippen LogP contribution in [-0.2, 0) is 4.74 Å². The first kappa shape index (κ1) is 16.3. The molecule has 0 bridgehead atoms. The lowest BCUT2D eigenvalue weighted by Gasteiger charge is -2.39. The van der Waals surface area contributed by atoms with Gasteiger partial charge in [0.1, 0.15) is 5.82 Å². The Morgan fingerprint density at radius 3 is 2.95 bits per heavy atom. The molecular formula is C15H24FN3O2. The molecule has 21 heavy (non-hydrogen) atoms. The van der Waals surface area contributed by atoms with Gasteiger partial charge in [-0.25, -0.2) is 4.39 Å². The third kappa shape index (κ3) is 4.20. The number of hydrogen-bond donors (Lipinski definition) is 2. The van der Waals surface area contributed by atoms with Crippen LogP contribution in [0, 0.1) is 11.7 Å². The van der Waals surface area contributed by atoms with Gasteiger partial charge in [0.05, 0.1) is 37.3 Å². The van der Waals surface area contributed by atoms with Gasteiger partial charge in [0.2, 0.25) is 0 Å². The minimum atomic E-state index is -0.355. The van der Waals surface area contributed by atoms with E-state index >= 15 is 0 Å². The SMILES string of the molecule is CC(CN1CC(CO)OCC1C)C(N)c1ccc(F)cn1. The van der Waals surface area contributed by atoms with Crippen LogP contribution in [0.1, 0.15) is 25.6 Å². The maximum Gasteiger partial charge on any atom is 0.141 e. The fourth-order valence-corrected chi connectivity index (χ4v) is 2.60. The summed E-state index contributed by atoms with van der Waals surface area (Å²) in [5.74, 6) is -0.186. The van der Waals surface area contributed by atoms with E-state index < -0.39 is 0 Å². The zero-order valence-corrected chi connectivity index (χ0v) is 12.6. The molecule has 118 valence electrons. The van der Waals surface area contributed by atoms with Crippen molar-refractivity contribution in [2.45, 2.75) is 32.0 Å². The molecule has 1 aromatic rings. The molecule has 0 saturated carbocycles. The third-order valence-corrected chi connectivity index (χ3v) is 4.07. The maximum absolute atomic E-state index is 12.9. The van der Waals surface area contributed by atoms with Gasteiger partial charge in [-0.1, -0.05) is 6.92 Å². The molecule has 0 amide bonds. The van der Waals surface area contributed by atoms with Crippen LogP contribution in [-0.4, -0.2) is 53.4 Å². The maximum atomic E-state index is 12.9. The summed E-state index contributed by atoms with van der Waals surface area (Å²) in [5.41, 5.74) is 6.92. The summed E-state index contributed by atoms with van der Waals surface area (Å²) in [6.07, 6.45) is 1.06. The molecular weight excluding hydrogens is 273 g/mol. The van der Waals surface area contributed by atoms with Crippen molar-refractivity contribution in [1.82, 2.24) is 9.88 Å². The Kier molecular flexibility index (Phi) is 5.64. The molecule has 1 aromatic heterocycles. The van der Waals surface area contributed by atoms with Gasteiger partial charge in [-0.3, -0.25) is 9.88 Å². The summed E-state index contributed by atoms with van der Waals surface area (Å²) in [5, 5.41) is 9.22. The number of pyridine rings is 1. The van der Waals surface area contributed by atoms with E-state index in [-0.39, 0.29) is 30.5 Å². The zero-order chi connectivity index (χ0) is 15.4. The number of rotatable bonds is 5. The third-order valence-electron chi connectivity index (χ3n) is 4.07. The fraction of sp³-hybridized carbons (Fsp3) is 0.667. The average Bonchev–Trinajstić information content (AvgIpc) is 2.49. The first-order valence-electron chi connectivity index (χ1n) is 7.34. The largest absolute Gasteiger partial charge is 0.394 e. The standard InChI is InChI=1S/C15H24FN3O2/c1-10(15(17)14-4-3-12(16)5-18-14)6-19-7-13(8-20)21-9-11(19)2/h3-5,10-11,13,15,20H,6-9,17H2,1-2H3. The smallest absolute Gasteiger partial charge is 0.141 e. The molecule has 1 fully saturated rings. The van der Waals surface area contributed by atoms with Gasteiger partial charge < -0.3 is 15.6 Å². The van der Waals surface area contributed by atoms with Gasteiger partial charge in [-0.2, -0.15) is 0 Å². The Balaban J connectivity index is 1.96. The molecule has 0 aromatic carbocycles. The Hall–Kier alpha value is -1.08. The van der Waals surface area contributed by atoms with Crippen LogP contribution in [0.15, 0.2) is 18.3 Å². The lowest BCUT2D eigenvalue weighted by molar-refractivity contribution is -0.0816. The van der Waals surface area contributed by atoms with E-state index in [2.05, 4.69) is 23.7 Å². The number of hydrogen-bond acceptors (Lipinski definition) is 5. The lowest BCUT2D eigenvalue weighted by atomic mass is 9.97. The zero-order valence-electron chi connectivity index (χ0n) is 12.6. The highest BCUT2D eigenvalue weighted by Crippen LogP contribution is 2.21. The molecule has 4 unspecified atom stereocenters. The number of ether oxygens (including phenoxy) is 1. The summed E-state index contributed by atoms with van der Waals surface area (Å²) in [6.45, 7) is 6.30. The molecule has 3 N–H and O–H groups in total. The Labute approximate surface area is 124 Å². The van der Waals surface area contributed by atoms with E-state index in [0.717, 1.165) is 6.54 Å². The normalized spacial score (nSPS) is 26.5. The predicted molar refractivity (Wildman–Crippen MR) is 78.1 cm³/mol. The fourth-order valence-electron chi connectivity index (χ4n) is 2.60. The van der Waals surface area contributed by atoms with Crippen molar-refractivity contribution in [3.8, 4) is 0 Å². The average molecular weight is 297 g/mol. The van der Waals surface area contributed by atoms with Crippen LogP contribution in [0.4, 0.5) is 4.39 Å². The van der Waals surface area contributed by atoms with Crippen molar-refractivity contribution in [3.63, 3.8) is 0 Å². The Morgan fingerprint density at radius 1 is 1.57 bits per heavy atom. The minimum absolute atomic E-state index is 0.0309. The highest BCUT2D eigenvalue weighted by Gasteiger charge is 2.28. The van der Waals surface area contributed by atoms with Crippen LogP contribution in [0.5, 0.6) is 0 Å². The molecule has 4 atom stereocenters. The first-order valence-corrected chi connectivity index (χ1v) is 7.34. The van der Waals surface area contributed by atoms with Crippen molar-refractivity contribution < 1.29 is 14.2 Å². The predicted octanol–water partition coefficient (Wildman–Crippen LogP) is 0.938. The van der Waals surface area contributed by atoms with Crippen molar-refractivity contribution >= 4 is 0 Å². The summed E-state index contributed by atoms with van der Waals surface area (Å²) in [4.78, 5) is 6.34. The second-order valence-electron chi connectivity index (χ2n) is 5.85. The van der Waals surface area contributed by atoms with Crippen LogP contribution in [0.25, 0.3) is 0 Å². The number of nitrogens with zero attached hydrogens (tertiary/aromatic N) is 2. The number of aromatic nitrogens is 1. The molecule has 0 radical (unpaired) electrons. The second-order valence-corrected chi connectivity index (χ2v) is 5.85. The Bertz CT molecular complexity index is 443. The van der Waals surface area contributed by atoms with Gasteiger partial charge in [-0.05, 0) is 25.0 Å². The van der Waals surface area contributed by atoms with Crippen molar-refractivity contribution in [2.75, 3.05) is 26.3 Å². The summed E-state index contributed by atoms with van der Waals surface area (Å²) in [7, 11) is 0. The monoisotopic (exact) mass is 297 g/mol. The van der Waals surface area contributed by atoms with Crippen LogP contribution < -0.4 is 5.73 Å². The molecule has 2 rings (SSSR count). The topological polar surface area (TPSA) is 71.6 Å². The van der Waals surface area contributed by atoms with Gasteiger partial charge >= 0.3 is 0 Å². The van der Waals surface area contributed by atoms with Gasteiger partial charge in [-0.15, -0.1) is 0 Å². The van der Waals surface area contributed by atoms with E-state index in [1.54, 1.807) is 6.07 Å². The molecule has 5 nitrogen and oxygen atoms in total. The first-order chi connectivity index (χ1) is 10.0. The molecule has 0 aliphatic carbocycles. The van der Waals surface area contributed by atoms with Gasteiger partial charge in [0.15, 0.2) is 0 Å². The van der Waals surface area contributed by atoms with Crippen molar-refractivity contribution in [3.05, 3.63) is 29.8 Å². The van der Waals surface area contributed by atoms with Gasteiger partial charge in [0, 0.05) is 19.1 Å². The number of halogens is 1. The van der Waals surface area contributed by atoms with E-state index in [1.165, 1.54) is 12.3 Å².